The fourth-order valence-corrected chi connectivity index (χ4v) is 6.14. The summed E-state index contributed by atoms with van der Waals surface area (Å²) in [7, 11) is -3.82. The van der Waals surface area contributed by atoms with Crippen LogP contribution in [0.4, 0.5) is 5.69 Å². The predicted octanol–water partition coefficient (Wildman–Crippen LogP) is 5.96. The molecule has 1 saturated carbocycles. The zero-order valence-electron chi connectivity index (χ0n) is 14.4. The number of fused-ring (bicyclic) bond motifs is 1. The molecule has 0 aromatic heterocycles. The van der Waals surface area contributed by atoms with Gasteiger partial charge in [0.2, 0.25) is 5.91 Å². The second kappa shape index (κ2) is 7.13. The average Bonchev–Trinajstić information content (AvgIpc) is 3.47. The lowest BCUT2D eigenvalue weighted by atomic mass is 10.1. The number of benzene rings is 3. The second-order valence-corrected chi connectivity index (χ2v) is 11.1. The van der Waals surface area contributed by atoms with E-state index in [-0.39, 0.29) is 4.90 Å². The molecule has 0 atom stereocenters. The number of nitrogens with one attached hydrogen (secondary N) is 1. The van der Waals surface area contributed by atoms with Crippen LogP contribution >= 0.6 is 43.5 Å². The number of hydrogen-bond donors (Lipinski definition) is 1. The molecule has 3 aromatic carbocycles. The maximum absolute atomic E-state index is 13.1. The van der Waals surface area contributed by atoms with Gasteiger partial charge in [-0.1, -0.05) is 39.7 Å². The van der Waals surface area contributed by atoms with Crippen molar-refractivity contribution in [1.82, 2.24) is 0 Å². The number of amides is 1. The molecule has 1 aliphatic carbocycles. The molecule has 0 radical (unpaired) electrons. The molecule has 144 valence electrons. The van der Waals surface area contributed by atoms with E-state index in [1.807, 2.05) is 24.3 Å². The maximum atomic E-state index is 13.1. The van der Waals surface area contributed by atoms with Crippen LogP contribution in [0.25, 0.3) is 10.8 Å². The van der Waals surface area contributed by atoms with Crippen molar-refractivity contribution in [2.45, 2.75) is 22.5 Å². The van der Waals surface area contributed by atoms with Crippen molar-refractivity contribution < 1.29 is 13.2 Å². The Morgan fingerprint density at radius 1 is 1.00 bits per heavy atom. The first-order chi connectivity index (χ1) is 13.2. The lowest BCUT2D eigenvalue weighted by Gasteiger charge is -2.18. The first-order valence-corrected chi connectivity index (χ1v) is 11.9. The molecular weight excluding hydrogens is 530 g/mol. The van der Waals surface area contributed by atoms with Crippen LogP contribution in [-0.4, -0.2) is 19.1 Å². The molecule has 4 rings (SSSR count). The number of carbonyl (C=O) groups is 1. The molecular formula is C20H14Br2ClNO3S. The van der Waals surface area contributed by atoms with Crippen molar-refractivity contribution in [2.24, 2.45) is 0 Å². The zero-order valence-corrected chi connectivity index (χ0v) is 19.1. The number of rotatable bonds is 4. The lowest BCUT2D eigenvalue weighted by molar-refractivity contribution is -0.116. The number of anilines is 1. The molecule has 0 spiro atoms. The summed E-state index contributed by atoms with van der Waals surface area (Å²) in [5.41, 5.74) is 0.539. The van der Waals surface area contributed by atoms with Crippen LogP contribution in [0.2, 0.25) is 5.02 Å². The van der Waals surface area contributed by atoms with E-state index in [4.69, 9.17) is 11.6 Å². The minimum Gasteiger partial charge on any atom is -0.324 e. The van der Waals surface area contributed by atoms with Crippen molar-refractivity contribution in [3.8, 4) is 0 Å². The molecule has 0 bridgehead atoms. The van der Waals surface area contributed by atoms with E-state index in [2.05, 4.69) is 37.2 Å². The molecule has 28 heavy (non-hydrogen) atoms. The standard InChI is InChI=1S/C20H14Br2ClNO3S/c21-13-2-7-16-12(11-13)1-8-17(18(16)22)24-19(25)20(9-10-20)28(26,27)15-5-3-14(23)4-6-15/h1-8,11H,9-10H2,(H,24,25). The fourth-order valence-electron chi connectivity index (χ4n) is 3.17. The first kappa shape index (κ1) is 19.9. The Hall–Kier alpha value is -1.41. The smallest absolute Gasteiger partial charge is 0.246 e. The number of sulfone groups is 1. The summed E-state index contributed by atoms with van der Waals surface area (Å²) in [6, 6.07) is 15.4. The van der Waals surface area contributed by atoms with Gasteiger partial charge in [0.1, 0.15) is 0 Å². The molecule has 0 unspecified atom stereocenters. The SMILES string of the molecule is O=C(Nc1ccc2cc(Br)ccc2c1Br)C1(S(=O)(=O)c2ccc(Cl)cc2)CC1. The van der Waals surface area contributed by atoms with Crippen molar-refractivity contribution in [3.63, 3.8) is 0 Å². The Balaban J connectivity index is 1.67. The highest BCUT2D eigenvalue weighted by Crippen LogP contribution is 2.48. The van der Waals surface area contributed by atoms with E-state index >= 15 is 0 Å². The Morgan fingerprint density at radius 3 is 2.32 bits per heavy atom. The molecule has 0 aliphatic heterocycles. The van der Waals surface area contributed by atoms with Gasteiger partial charge in [0.15, 0.2) is 14.6 Å². The van der Waals surface area contributed by atoms with Gasteiger partial charge in [-0.05, 0) is 82.0 Å². The van der Waals surface area contributed by atoms with E-state index in [9.17, 15) is 13.2 Å². The quantitative estimate of drug-likeness (QED) is 0.442. The molecule has 1 fully saturated rings. The van der Waals surface area contributed by atoms with Gasteiger partial charge < -0.3 is 5.32 Å². The summed E-state index contributed by atoms with van der Waals surface area (Å²) >= 11 is 12.8. The third-order valence-corrected chi connectivity index (χ3v) is 9.04. The summed E-state index contributed by atoms with van der Waals surface area (Å²) in [6.07, 6.45) is 0.587. The van der Waals surface area contributed by atoms with Crippen LogP contribution < -0.4 is 5.32 Å². The molecule has 0 heterocycles. The molecule has 1 aliphatic rings. The predicted molar refractivity (Wildman–Crippen MR) is 119 cm³/mol. The largest absolute Gasteiger partial charge is 0.324 e. The van der Waals surface area contributed by atoms with Crippen LogP contribution in [0.5, 0.6) is 0 Å². The van der Waals surface area contributed by atoms with Crippen molar-refractivity contribution >= 4 is 75.7 Å². The van der Waals surface area contributed by atoms with Gasteiger partial charge in [0, 0.05) is 14.0 Å². The van der Waals surface area contributed by atoms with Gasteiger partial charge >= 0.3 is 0 Å². The number of carbonyl (C=O) groups excluding carboxylic acids is 1. The third kappa shape index (κ3) is 3.28. The van der Waals surface area contributed by atoms with E-state index in [0.29, 0.717) is 28.0 Å². The van der Waals surface area contributed by atoms with Crippen molar-refractivity contribution in [3.05, 3.63) is 68.6 Å². The molecule has 4 nitrogen and oxygen atoms in total. The van der Waals surface area contributed by atoms with E-state index < -0.39 is 20.5 Å². The summed E-state index contributed by atoms with van der Waals surface area (Å²) in [6.45, 7) is 0. The Morgan fingerprint density at radius 2 is 1.68 bits per heavy atom. The van der Waals surface area contributed by atoms with Gasteiger partial charge in [-0.25, -0.2) is 8.42 Å². The first-order valence-electron chi connectivity index (χ1n) is 8.44. The molecule has 1 amide bonds. The Labute approximate surface area is 184 Å². The van der Waals surface area contributed by atoms with Crippen LogP contribution in [0.3, 0.4) is 0 Å². The van der Waals surface area contributed by atoms with Gasteiger partial charge in [-0.15, -0.1) is 0 Å². The summed E-state index contributed by atoms with van der Waals surface area (Å²) in [5.74, 6) is -0.514. The highest BCUT2D eigenvalue weighted by Gasteiger charge is 2.61. The monoisotopic (exact) mass is 541 g/mol. The topological polar surface area (TPSA) is 63.2 Å². The van der Waals surface area contributed by atoms with E-state index in [1.54, 1.807) is 6.07 Å². The minimum absolute atomic E-state index is 0.104. The maximum Gasteiger partial charge on any atom is 0.246 e. The molecule has 0 saturated heterocycles. The van der Waals surface area contributed by atoms with Gasteiger partial charge in [0.05, 0.1) is 10.6 Å². The van der Waals surface area contributed by atoms with Crippen LogP contribution in [0.1, 0.15) is 12.8 Å². The Kier molecular flexibility index (Phi) is 5.06. The number of hydrogen-bond acceptors (Lipinski definition) is 3. The Bertz CT molecular complexity index is 1210. The van der Waals surface area contributed by atoms with Crippen LogP contribution in [0, 0.1) is 0 Å². The molecule has 8 heteroatoms. The molecule has 3 aromatic rings. The third-order valence-electron chi connectivity index (χ3n) is 4.92. The van der Waals surface area contributed by atoms with Crippen LogP contribution in [0.15, 0.2) is 68.4 Å². The lowest BCUT2D eigenvalue weighted by Crippen LogP contribution is -2.37. The summed E-state index contributed by atoms with van der Waals surface area (Å²) in [5, 5.41) is 5.17. The fraction of sp³-hybridized carbons (Fsp3) is 0.150. The average molecular weight is 544 g/mol. The normalized spacial score (nSPS) is 15.4. The van der Waals surface area contributed by atoms with Gasteiger partial charge in [-0.3, -0.25) is 4.79 Å². The highest BCUT2D eigenvalue weighted by atomic mass is 79.9. The second-order valence-electron chi connectivity index (χ2n) is 6.70. The van der Waals surface area contributed by atoms with E-state index in [0.717, 1.165) is 15.2 Å². The number of halogens is 3. The van der Waals surface area contributed by atoms with Crippen molar-refractivity contribution in [1.29, 1.82) is 0 Å². The van der Waals surface area contributed by atoms with Gasteiger partial charge in [0.25, 0.3) is 0 Å². The zero-order chi connectivity index (χ0) is 20.1. The summed E-state index contributed by atoms with van der Waals surface area (Å²) < 4.78 is 26.4. The van der Waals surface area contributed by atoms with E-state index in [1.165, 1.54) is 24.3 Å². The molecule has 1 N–H and O–H groups in total. The van der Waals surface area contributed by atoms with Crippen LogP contribution in [-0.2, 0) is 14.6 Å². The minimum atomic E-state index is -3.82. The summed E-state index contributed by atoms with van der Waals surface area (Å²) in [4.78, 5) is 13.1. The van der Waals surface area contributed by atoms with Crippen molar-refractivity contribution in [2.75, 3.05) is 5.32 Å². The highest BCUT2D eigenvalue weighted by molar-refractivity contribution is 9.11. The van der Waals surface area contributed by atoms with Gasteiger partial charge in [-0.2, -0.15) is 0 Å².